The molecule has 1 rings (SSSR count). The molecule has 0 bridgehead atoms. The van der Waals surface area contributed by atoms with Crippen LogP contribution in [0.5, 0.6) is 0 Å². The van der Waals surface area contributed by atoms with Crippen LogP contribution in [0, 0.1) is 11.6 Å². The molecule has 0 saturated heterocycles. The Morgan fingerprint density at radius 3 is 2.47 bits per heavy atom. The van der Waals surface area contributed by atoms with Crippen molar-refractivity contribution in [2.24, 2.45) is 0 Å². The van der Waals surface area contributed by atoms with Gasteiger partial charge in [0, 0.05) is 18.4 Å². The van der Waals surface area contributed by atoms with Crippen molar-refractivity contribution in [2.75, 3.05) is 7.11 Å². The summed E-state index contributed by atoms with van der Waals surface area (Å²) in [4.78, 5) is 22.3. The van der Waals surface area contributed by atoms with Gasteiger partial charge in [0.05, 0.1) is 7.11 Å². The van der Waals surface area contributed by atoms with Crippen LogP contribution < -0.4 is 0 Å². The molecular formula is C12H12F2O3. The number of benzene rings is 1. The van der Waals surface area contributed by atoms with Crippen molar-refractivity contribution in [3.8, 4) is 0 Å². The summed E-state index contributed by atoms with van der Waals surface area (Å²) < 4.78 is 29.9. The van der Waals surface area contributed by atoms with Crippen molar-refractivity contribution >= 4 is 11.8 Å². The van der Waals surface area contributed by atoms with Crippen molar-refractivity contribution in [1.29, 1.82) is 0 Å². The van der Waals surface area contributed by atoms with E-state index in [2.05, 4.69) is 4.74 Å². The first kappa shape index (κ1) is 13.3. The maximum absolute atomic E-state index is 12.8. The van der Waals surface area contributed by atoms with Gasteiger partial charge in [-0.15, -0.1) is 0 Å². The lowest BCUT2D eigenvalue weighted by molar-refractivity contribution is -0.140. The molecule has 1 aromatic rings. The van der Waals surface area contributed by atoms with E-state index in [0.717, 1.165) is 12.1 Å². The summed E-state index contributed by atoms with van der Waals surface area (Å²) in [5.41, 5.74) is 0.105. The Balaban J connectivity index is 2.52. The number of ether oxygens (including phenoxy) is 1. The van der Waals surface area contributed by atoms with Crippen LogP contribution in [0.15, 0.2) is 18.2 Å². The van der Waals surface area contributed by atoms with E-state index in [1.807, 2.05) is 0 Å². The molecule has 3 nitrogen and oxygen atoms in total. The smallest absolute Gasteiger partial charge is 0.305 e. The molecule has 0 spiro atoms. The molecule has 1 aromatic carbocycles. The Morgan fingerprint density at radius 1 is 1.18 bits per heavy atom. The van der Waals surface area contributed by atoms with Gasteiger partial charge in [0.2, 0.25) is 0 Å². The molecule has 17 heavy (non-hydrogen) atoms. The summed E-state index contributed by atoms with van der Waals surface area (Å²) in [6, 6.07) is 2.98. The number of hydrogen-bond acceptors (Lipinski definition) is 3. The number of ketones is 1. The lowest BCUT2D eigenvalue weighted by atomic mass is 10.1. The van der Waals surface area contributed by atoms with E-state index in [-0.39, 0.29) is 24.2 Å². The topological polar surface area (TPSA) is 43.4 Å². The fourth-order valence-electron chi connectivity index (χ4n) is 1.31. The first-order valence-electron chi connectivity index (χ1n) is 5.09. The molecule has 0 amide bonds. The number of carbonyl (C=O) groups excluding carboxylic acids is 2. The standard InChI is InChI=1S/C12H12F2O3/c1-17-12(16)4-2-3-11(15)8-5-6-9(13)10(14)7-8/h5-7H,2-4H2,1H3. The first-order valence-corrected chi connectivity index (χ1v) is 5.09. The molecule has 0 heterocycles. The minimum atomic E-state index is -1.05. The van der Waals surface area contributed by atoms with Gasteiger partial charge in [0.25, 0.3) is 0 Å². The molecule has 0 atom stereocenters. The summed E-state index contributed by atoms with van der Waals surface area (Å²) in [6.07, 6.45) is 0.552. The third-order valence-corrected chi connectivity index (χ3v) is 2.25. The molecule has 0 N–H and O–H groups in total. The second-order valence-electron chi connectivity index (χ2n) is 3.48. The minimum Gasteiger partial charge on any atom is -0.469 e. The lowest BCUT2D eigenvalue weighted by Crippen LogP contribution is -2.04. The molecule has 0 aliphatic rings. The van der Waals surface area contributed by atoms with Crippen molar-refractivity contribution in [2.45, 2.75) is 19.3 Å². The van der Waals surface area contributed by atoms with Gasteiger partial charge in [0.1, 0.15) is 0 Å². The van der Waals surface area contributed by atoms with Crippen LogP contribution in [0.1, 0.15) is 29.6 Å². The first-order chi connectivity index (χ1) is 8.04. The molecular weight excluding hydrogens is 230 g/mol. The number of halogens is 2. The van der Waals surface area contributed by atoms with Gasteiger partial charge in [-0.05, 0) is 24.6 Å². The summed E-state index contributed by atoms with van der Waals surface area (Å²) in [5.74, 6) is -2.77. The highest BCUT2D eigenvalue weighted by Crippen LogP contribution is 2.12. The van der Waals surface area contributed by atoms with Gasteiger partial charge < -0.3 is 4.74 Å². The second-order valence-corrected chi connectivity index (χ2v) is 3.48. The molecule has 92 valence electrons. The number of Topliss-reactive ketones (excluding diaryl/α,β-unsaturated/α-hetero) is 1. The number of carbonyl (C=O) groups is 2. The lowest BCUT2D eigenvalue weighted by Gasteiger charge is -2.01. The van der Waals surface area contributed by atoms with E-state index in [4.69, 9.17) is 0 Å². The monoisotopic (exact) mass is 242 g/mol. The maximum Gasteiger partial charge on any atom is 0.305 e. The Bertz CT molecular complexity index is 430. The SMILES string of the molecule is COC(=O)CCCC(=O)c1ccc(F)c(F)c1. The van der Waals surface area contributed by atoms with Crippen LogP contribution in [-0.2, 0) is 9.53 Å². The molecule has 0 aliphatic carbocycles. The van der Waals surface area contributed by atoms with Crippen LogP contribution in [0.3, 0.4) is 0 Å². The average molecular weight is 242 g/mol. The highest BCUT2D eigenvalue weighted by Gasteiger charge is 2.10. The minimum absolute atomic E-state index is 0.0974. The van der Waals surface area contributed by atoms with E-state index in [0.29, 0.717) is 6.42 Å². The van der Waals surface area contributed by atoms with Gasteiger partial charge in [-0.2, -0.15) is 0 Å². The predicted octanol–water partition coefficient (Wildman–Crippen LogP) is 2.49. The van der Waals surface area contributed by atoms with Crippen LogP contribution in [0.4, 0.5) is 8.78 Å². The normalized spacial score (nSPS) is 10.1. The predicted molar refractivity (Wildman–Crippen MR) is 56.6 cm³/mol. The molecule has 0 aromatic heterocycles. The van der Waals surface area contributed by atoms with Crippen molar-refractivity contribution in [3.05, 3.63) is 35.4 Å². The Morgan fingerprint density at radius 2 is 1.88 bits per heavy atom. The summed E-state index contributed by atoms with van der Waals surface area (Å²) >= 11 is 0. The van der Waals surface area contributed by atoms with Crippen LogP contribution in [0.25, 0.3) is 0 Å². The van der Waals surface area contributed by atoms with Gasteiger partial charge in [-0.3, -0.25) is 9.59 Å². The van der Waals surface area contributed by atoms with Gasteiger partial charge in [-0.1, -0.05) is 0 Å². The number of methoxy groups -OCH3 is 1. The number of rotatable bonds is 5. The Hall–Kier alpha value is -1.78. The zero-order chi connectivity index (χ0) is 12.8. The van der Waals surface area contributed by atoms with Crippen molar-refractivity contribution < 1.29 is 23.1 Å². The molecule has 5 heteroatoms. The van der Waals surface area contributed by atoms with E-state index >= 15 is 0 Å². The number of esters is 1. The summed E-state index contributed by atoms with van der Waals surface area (Å²) in [5, 5.41) is 0. The number of hydrogen-bond donors (Lipinski definition) is 0. The zero-order valence-corrected chi connectivity index (χ0v) is 9.33. The third-order valence-electron chi connectivity index (χ3n) is 2.25. The quantitative estimate of drug-likeness (QED) is 0.588. The molecule has 0 saturated carbocycles. The van der Waals surface area contributed by atoms with Gasteiger partial charge in [0.15, 0.2) is 17.4 Å². The van der Waals surface area contributed by atoms with Crippen LogP contribution in [-0.4, -0.2) is 18.9 Å². The van der Waals surface area contributed by atoms with Crippen LogP contribution in [0.2, 0.25) is 0 Å². The van der Waals surface area contributed by atoms with E-state index in [1.165, 1.54) is 13.2 Å². The van der Waals surface area contributed by atoms with Gasteiger partial charge in [-0.25, -0.2) is 8.78 Å². The zero-order valence-electron chi connectivity index (χ0n) is 9.33. The van der Waals surface area contributed by atoms with E-state index in [9.17, 15) is 18.4 Å². The molecule has 0 aliphatic heterocycles. The fourth-order valence-corrected chi connectivity index (χ4v) is 1.31. The largest absolute Gasteiger partial charge is 0.469 e. The van der Waals surface area contributed by atoms with Gasteiger partial charge >= 0.3 is 5.97 Å². The summed E-state index contributed by atoms with van der Waals surface area (Å²) in [7, 11) is 1.26. The Labute approximate surface area is 97.4 Å². The van der Waals surface area contributed by atoms with Crippen molar-refractivity contribution in [3.63, 3.8) is 0 Å². The highest BCUT2D eigenvalue weighted by atomic mass is 19.2. The molecule has 0 radical (unpaired) electrons. The molecule has 0 unspecified atom stereocenters. The maximum atomic E-state index is 12.8. The van der Waals surface area contributed by atoms with Crippen LogP contribution >= 0.6 is 0 Å². The van der Waals surface area contributed by atoms with E-state index in [1.54, 1.807) is 0 Å². The summed E-state index contributed by atoms with van der Waals surface area (Å²) in [6.45, 7) is 0. The molecule has 0 fully saturated rings. The Kier molecular flexibility index (Phi) is 4.75. The highest BCUT2D eigenvalue weighted by molar-refractivity contribution is 5.96. The fraction of sp³-hybridized carbons (Fsp3) is 0.333. The van der Waals surface area contributed by atoms with E-state index < -0.39 is 17.6 Å². The third kappa shape index (κ3) is 3.94. The second kappa shape index (κ2) is 6.08. The average Bonchev–Trinajstić information content (AvgIpc) is 2.32. The van der Waals surface area contributed by atoms with Crippen molar-refractivity contribution in [1.82, 2.24) is 0 Å².